The maximum Gasteiger partial charge on any atom is 0.240 e. The summed E-state index contributed by atoms with van der Waals surface area (Å²) in [5.41, 5.74) is 5.76. The van der Waals surface area contributed by atoms with Gasteiger partial charge in [0.05, 0.1) is 5.41 Å². The van der Waals surface area contributed by atoms with Crippen molar-refractivity contribution in [2.24, 2.45) is 11.1 Å². The van der Waals surface area contributed by atoms with Gasteiger partial charge in [-0.2, -0.15) is 0 Å². The van der Waals surface area contributed by atoms with Gasteiger partial charge in [0, 0.05) is 17.3 Å². The summed E-state index contributed by atoms with van der Waals surface area (Å²) in [6, 6.07) is 0. The van der Waals surface area contributed by atoms with E-state index in [4.69, 9.17) is 17.5 Å². The molecule has 0 aromatic rings. The third-order valence-corrected chi connectivity index (χ3v) is 3.63. The predicted molar refractivity (Wildman–Crippen MR) is 46.4 cm³/mol. The second kappa shape index (κ2) is 2.36. The molecule has 0 aliphatic heterocycles. The molecule has 68 valence electrons. The molecule has 0 saturated heterocycles. The van der Waals surface area contributed by atoms with Crippen LogP contribution in [-0.2, 0) is 4.79 Å². The first-order chi connectivity index (χ1) is 5.60. The van der Waals surface area contributed by atoms with Crippen LogP contribution in [0.15, 0.2) is 0 Å². The van der Waals surface area contributed by atoms with Crippen molar-refractivity contribution in [1.29, 1.82) is 0 Å². The van der Waals surface area contributed by atoms with Crippen molar-refractivity contribution in [3.63, 3.8) is 0 Å². The van der Waals surface area contributed by atoms with Crippen molar-refractivity contribution in [2.45, 2.75) is 37.6 Å². The summed E-state index contributed by atoms with van der Waals surface area (Å²) in [6.07, 6.45) is 4.57. The molecule has 3 nitrogen and oxygen atoms in total. The van der Waals surface area contributed by atoms with E-state index in [9.17, 15) is 4.79 Å². The van der Waals surface area contributed by atoms with Crippen LogP contribution < -0.4 is 10.6 Å². The highest BCUT2D eigenvalue weighted by molar-refractivity contribution is 6.22. The molecule has 0 atom stereocenters. The molecule has 0 aromatic carbocycles. The van der Waals surface area contributed by atoms with Gasteiger partial charge >= 0.3 is 0 Å². The van der Waals surface area contributed by atoms with E-state index in [-0.39, 0.29) is 16.9 Å². The number of carbonyl (C=O) groups excluding carboxylic acids is 1. The van der Waals surface area contributed by atoms with Gasteiger partial charge in [-0.15, -0.1) is 0 Å². The SMILES string of the molecule is NC12CCC(C(=O)NCl)(CC1)C2. The molecule has 12 heavy (non-hydrogen) atoms. The topological polar surface area (TPSA) is 55.1 Å². The van der Waals surface area contributed by atoms with E-state index in [0.717, 1.165) is 32.1 Å². The highest BCUT2D eigenvalue weighted by atomic mass is 35.5. The Kier molecular flexibility index (Phi) is 1.64. The molecule has 2 saturated carbocycles. The van der Waals surface area contributed by atoms with Crippen LogP contribution in [-0.4, -0.2) is 11.4 Å². The molecule has 2 aliphatic rings. The third kappa shape index (κ3) is 0.962. The van der Waals surface area contributed by atoms with Crippen molar-refractivity contribution in [3.05, 3.63) is 0 Å². The Bertz CT molecular complexity index is 221. The van der Waals surface area contributed by atoms with E-state index in [1.54, 1.807) is 0 Å². The number of nitrogens with two attached hydrogens (primary N) is 1. The molecule has 1 amide bonds. The Morgan fingerprint density at radius 2 is 1.92 bits per heavy atom. The molecule has 0 heterocycles. The fourth-order valence-corrected chi connectivity index (χ4v) is 2.86. The predicted octanol–water partition coefficient (Wildman–Crippen LogP) is 0.918. The van der Waals surface area contributed by atoms with E-state index in [1.807, 2.05) is 0 Å². The lowest BCUT2D eigenvalue weighted by atomic mass is 9.83. The Hall–Kier alpha value is -0.280. The molecule has 3 N–H and O–H groups in total. The van der Waals surface area contributed by atoms with E-state index in [0.29, 0.717) is 0 Å². The molecule has 2 aliphatic carbocycles. The van der Waals surface area contributed by atoms with Crippen molar-refractivity contribution < 1.29 is 4.79 Å². The Balaban J connectivity index is 2.20. The second-order valence-corrected chi connectivity index (χ2v) is 4.43. The smallest absolute Gasteiger partial charge is 0.240 e. The lowest BCUT2D eigenvalue weighted by Gasteiger charge is -2.23. The summed E-state index contributed by atoms with van der Waals surface area (Å²) >= 11 is 5.32. The first kappa shape index (κ1) is 8.32. The number of amides is 1. The molecule has 2 bridgehead atoms. The standard InChI is InChI=1S/C8H13ClN2O/c9-11-6(12)7-1-3-8(10,5-7)4-2-7/h1-5,10H2,(H,11,12). The summed E-state index contributed by atoms with van der Waals surface area (Å²) in [6.45, 7) is 0. The molecule has 2 fully saturated rings. The lowest BCUT2D eigenvalue weighted by molar-refractivity contribution is -0.128. The van der Waals surface area contributed by atoms with Gasteiger partial charge < -0.3 is 5.73 Å². The maximum absolute atomic E-state index is 11.4. The first-order valence-electron chi connectivity index (χ1n) is 4.30. The maximum atomic E-state index is 11.4. The number of nitrogens with one attached hydrogen (secondary N) is 1. The average molecular weight is 189 g/mol. The van der Waals surface area contributed by atoms with Gasteiger partial charge in [-0.25, -0.2) is 0 Å². The number of hydrogen-bond donors (Lipinski definition) is 2. The third-order valence-electron chi connectivity index (χ3n) is 3.46. The lowest BCUT2D eigenvalue weighted by Crippen LogP contribution is -2.34. The largest absolute Gasteiger partial charge is 0.325 e. The minimum absolute atomic E-state index is 0.0333. The van der Waals surface area contributed by atoms with Crippen molar-refractivity contribution in [3.8, 4) is 0 Å². The van der Waals surface area contributed by atoms with Crippen LogP contribution in [0.2, 0.25) is 0 Å². The monoisotopic (exact) mass is 188 g/mol. The Morgan fingerprint density at radius 1 is 1.33 bits per heavy atom. The minimum Gasteiger partial charge on any atom is -0.325 e. The fraction of sp³-hybridized carbons (Fsp3) is 0.875. The average Bonchev–Trinajstić information content (AvgIpc) is 2.57. The van der Waals surface area contributed by atoms with Gasteiger partial charge in [0.25, 0.3) is 0 Å². The molecule has 0 spiro atoms. The van der Waals surface area contributed by atoms with E-state index < -0.39 is 0 Å². The number of rotatable bonds is 1. The summed E-state index contributed by atoms with van der Waals surface area (Å²) in [4.78, 5) is 13.7. The summed E-state index contributed by atoms with van der Waals surface area (Å²) in [7, 11) is 0. The number of carbonyl (C=O) groups is 1. The van der Waals surface area contributed by atoms with E-state index in [1.165, 1.54) is 0 Å². The van der Waals surface area contributed by atoms with Gasteiger partial charge in [-0.1, -0.05) is 0 Å². The van der Waals surface area contributed by atoms with Crippen LogP contribution in [0.5, 0.6) is 0 Å². The minimum atomic E-state index is -0.226. The van der Waals surface area contributed by atoms with Crippen molar-refractivity contribution >= 4 is 17.7 Å². The van der Waals surface area contributed by atoms with Crippen LogP contribution in [0.3, 0.4) is 0 Å². The summed E-state index contributed by atoms with van der Waals surface area (Å²) < 4.78 is 0. The van der Waals surface area contributed by atoms with Gasteiger partial charge in [-0.3, -0.25) is 9.63 Å². The summed E-state index contributed by atoms with van der Waals surface area (Å²) in [5, 5.41) is 0. The van der Waals surface area contributed by atoms with Crippen molar-refractivity contribution in [1.82, 2.24) is 4.84 Å². The summed E-state index contributed by atoms with van der Waals surface area (Å²) in [5.74, 6) is -0.0333. The van der Waals surface area contributed by atoms with E-state index >= 15 is 0 Å². The zero-order chi connectivity index (χ0) is 8.82. The molecular formula is C8H13ClN2O. The zero-order valence-electron chi connectivity index (χ0n) is 6.90. The molecular weight excluding hydrogens is 176 g/mol. The fourth-order valence-electron chi connectivity index (χ4n) is 2.66. The normalized spacial score (nSPS) is 44.8. The van der Waals surface area contributed by atoms with E-state index in [2.05, 4.69) is 4.84 Å². The zero-order valence-corrected chi connectivity index (χ0v) is 7.66. The molecule has 4 heteroatoms. The van der Waals surface area contributed by atoms with Crippen LogP contribution >= 0.6 is 11.8 Å². The van der Waals surface area contributed by atoms with Crippen LogP contribution in [0.4, 0.5) is 0 Å². The molecule has 0 aromatic heterocycles. The van der Waals surface area contributed by atoms with Gasteiger partial charge in [-0.05, 0) is 32.1 Å². The second-order valence-electron chi connectivity index (χ2n) is 4.24. The van der Waals surface area contributed by atoms with Crippen LogP contribution in [0, 0.1) is 5.41 Å². The molecule has 0 radical (unpaired) electrons. The quantitative estimate of drug-likeness (QED) is 0.602. The number of fused-ring (bicyclic) bond motifs is 2. The first-order valence-corrected chi connectivity index (χ1v) is 4.68. The van der Waals surface area contributed by atoms with Crippen LogP contribution in [0.25, 0.3) is 0 Å². The molecule has 2 rings (SSSR count). The highest BCUT2D eigenvalue weighted by Crippen LogP contribution is 2.55. The van der Waals surface area contributed by atoms with Gasteiger partial charge in [0.1, 0.15) is 0 Å². The van der Waals surface area contributed by atoms with Gasteiger partial charge in [0.2, 0.25) is 5.91 Å². The van der Waals surface area contributed by atoms with Crippen molar-refractivity contribution in [2.75, 3.05) is 0 Å². The molecule has 0 unspecified atom stereocenters. The van der Waals surface area contributed by atoms with Gasteiger partial charge in [0.15, 0.2) is 0 Å². The highest BCUT2D eigenvalue weighted by Gasteiger charge is 2.56. The van der Waals surface area contributed by atoms with Crippen LogP contribution in [0.1, 0.15) is 32.1 Å². The Morgan fingerprint density at radius 3 is 2.25 bits per heavy atom. The number of halogens is 1. The Labute approximate surface area is 76.7 Å². The number of hydrogen-bond acceptors (Lipinski definition) is 2.